The molecule has 0 bridgehead atoms. The van der Waals surface area contributed by atoms with E-state index in [-0.39, 0.29) is 18.1 Å². The van der Waals surface area contributed by atoms with Crippen LogP contribution >= 0.6 is 0 Å². The van der Waals surface area contributed by atoms with Gasteiger partial charge in [-0.3, -0.25) is 0 Å². The number of amides is 1. The van der Waals surface area contributed by atoms with Crippen LogP contribution in [0.2, 0.25) is 0 Å². The van der Waals surface area contributed by atoms with E-state index in [1.54, 1.807) is 4.90 Å². The van der Waals surface area contributed by atoms with E-state index in [4.69, 9.17) is 4.74 Å². The van der Waals surface area contributed by atoms with Crippen LogP contribution in [0.3, 0.4) is 0 Å². The Morgan fingerprint density at radius 2 is 1.83 bits per heavy atom. The van der Waals surface area contributed by atoms with Gasteiger partial charge in [0.05, 0.1) is 12.2 Å². The van der Waals surface area contributed by atoms with E-state index in [1.165, 1.54) is 5.56 Å². The SMILES string of the molecule is CC(C)(C)OC(=O)N1Cc2ccccc2[C@@H]2C[C@@H](O)[C@@H](O)C[C@@H]21. The Balaban J connectivity index is 1.93. The van der Waals surface area contributed by atoms with Gasteiger partial charge in [0.25, 0.3) is 0 Å². The van der Waals surface area contributed by atoms with Crippen molar-refractivity contribution in [1.82, 2.24) is 4.90 Å². The van der Waals surface area contributed by atoms with Gasteiger partial charge in [0.1, 0.15) is 5.60 Å². The molecule has 126 valence electrons. The van der Waals surface area contributed by atoms with Crippen LogP contribution in [-0.2, 0) is 11.3 Å². The van der Waals surface area contributed by atoms with Gasteiger partial charge in [0.15, 0.2) is 0 Å². The number of rotatable bonds is 0. The van der Waals surface area contributed by atoms with Crippen LogP contribution in [0.5, 0.6) is 0 Å². The summed E-state index contributed by atoms with van der Waals surface area (Å²) in [6.45, 7) is 6.02. The Morgan fingerprint density at radius 3 is 2.52 bits per heavy atom. The number of nitrogens with zero attached hydrogens (tertiary/aromatic N) is 1. The molecule has 2 aliphatic rings. The molecule has 0 radical (unpaired) electrons. The molecule has 1 aromatic rings. The zero-order valence-corrected chi connectivity index (χ0v) is 13.9. The highest BCUT2D eigenvalue weighted by atomic mass is 16.6. The molecule has 2 N–H and O–H groups in total. The number of ether oxygens (including phenoxy) is 1. The number of carbonyl (C=O) groups is 1. The number of hydrogen-bond acceptors (Lipinski definition) is 4. The Bertz CT molecular complexity index is 595. The van der Waals surface area contributed by atoms with E-state index in [9.17, 15) is 15.0 Å². The third-order valence-electron chi connectivity index (χ3n) is 4.71. The molecule has 0 aromatic heterocycles. The molecule has 0 saturated heterocycles. The van der Waals surface area contributed by atoms with Crippen molar-refractivity contribution < 1.29 is 19.7 Å². The topological polar surface area (TPSA) is 70.0 Å². The van der Waals surface area contributed by atoms with E-state index in [1.807, 2.05) is 39.0 Å². The highest BCUT2D eigenvalue weighted by Gasteiger charge is 2.45. The lowest BCUT2D eigenvalue weighted by molar-refractivity contribution is -0.0570. The molecule has 1 fully saturated rings. The number of aliphatic hydroxyl groups excluding tert-OH is 2. The van der Waals surface area contributed by atoms with Crippen LogP contribution in [0.15, 0.2) is 24.3 Å². The summed E-state index contributed by atoms with van der Waals surface area (Å²) >= 11 is 0. The maximum absolute atomic E-state index is 12.6. The molecule has 1 heterocycles. The third-order valence-corrected chi connectivity index (χ3v) is 4.71. The summed E-state index contributed by atoms with van der Waals surface area (Å²) in [6.07, 6.45) is -1.07. The van der Waals surface area contributed by atoms with Gasteiger partial charge in [-0.1, -0.05) is 24.3 Å². The van der Waals surface area contributed by atoms with Gasteiger partial charge in [0, 0.05) is 18.5 Å². The lowest BCUT2D eigenvalue weighted by Crippen LogP contribution is -2.54. The average molecular weight is 319 g/mol. The molecule has 23 heavy (non-hydrogen) atoms. The zero-order valence-electron chi connectivity index (χ0n) is 13.9. The molecule has 0 unspecified atom stereocenters. The summed E-state index contributed by atoms with van der Waals surface area (Å²) in [5.41, 5.74) is 1.70. The molecular formula is C18H25NO4. The van der Waals surface area contributed by atoms with Gasteiger partial charge < -0.3 is 19.8 Å². The van der Waals surface area contributed by atoms with E-state index < -0.39 is 17.8 Å². The Labute approximate surface area is 136 Å². The van der Waals surface area contributed by atoms with Gasteiger partial charge in [-0.05, 0) is 44.7 Å². The maximum atomic E-state index is 12.6. The Morgan fingerprint density at radius 1 is 1.17 bits per heavy atom. The van der Waals surface area contributed by atoms with Crippen molar-refractivity contribution in [3.05, 3.63) is 35.4 Å². The van der Waals surface area contributed by atoms with Crippen molar-refractivity contribution in [2.24, 2.45) is 0 Å². The first-order valence-corrected chi connectivity index (χ1v) is 8.20. The van der Waals surface area contributed by atoms with Crippen LogP contribution in [0.25, 0.3) is 0 Å². The van der Waals surface area contributed by atoms with Gasteiger partial charge >= 0.3 is 6.09 Å². The molecule has 1 saturated carbocycles. The summed E-state index contributed by atoms with van der Waals surface area (Å²) < 4.78 is 5.55. The minimum Gasteiger partial charge on any atom is -0.444 e. The molecule has 5 heteroatoms. The van der Waals surface area contributed by atoms with Crippen LogP contribution in [0.1, 0.15) is 50.7 Å². The fraction of sp³-hybridized carbons (Fsp3) is 0.611. The predicted octanol–water partition coefficient (Wildman–Crippen LogP) is 2.41. The summed E-state index contributed by atoms with van der Waals surface area (Å²) in [5, 5.41) is 20.1. The van der Waals surface area contributed by atoms with Crippen molar-refractivity contribution >= 4 is 6.09 Å². The second-order valence-electron chi connectivity index (χ2n) is 7.59. The second kappa shape index (κ2) is 5.80. The normalized spacial score (nSPS) is 30.4. The fourth-order valence-electron chi connectivity index (χ4n) is 3.68. The van der Waals surface area contributed by atoms with Crippen molar-refractivity contribution in [3.63, 3.8) is 0 Å². The van der Waals surface area contributed by atoms with E-state index in [0.29, 0.717) is 19.4 Å². The van der Waals surface area contributed by atoms with Gasteiger partial charge in [-0.15, -0.1) is 0 Å². The molecule has 3 rings (SSSR count). The number of carbonyl (C=O) groups excluding carboxylic acids is 1. The summed E-state index contributed by atoms with van der Waals surface area (Å²) in [5.74, 6) is 0.0332. The van der Waals surface area contributed by atoms with Crippen LogP contribution in [0, 0.1) is 0 Å². The first-order chi connectivity index (χ1) is 10.8. The summed E-state index contributed by atoms with van der Waals surface area (Å²) in [4.78, 5) is 14.3. The quantitative estimate of drug-likeness (QED) is 0.770. The minimum atomic E-state index is -0.800. The van der Waals surface area contributed by atoms with Crippen molar-refractivity contribution in [3.8, 4) is 0 Å². The third kappa shape index (κ3) is 3.21. The first-order valence-electron chi connectivity index (χ1n) is 8.20. The lowest BCUT2D eigenvalue weighted by Gasteiger charge is -2.47. The van der Waals surface area contributed by atoms with Gasteiger partial charge in [-0.25, -0.2) is 4.79 Å². The maximum Gasteiger partial charge on any atom is 0.410 e. The number of benzene rings is 1. The molecule has 1 aliphatic heterocycles. The molecule has 1 aliphatic carbocycles. The second-order valence-corrected chi connectivity index (χ2v) is 7.59. The number of fused-ring (bicyclic) bond motifs is 3. The van der Waals surface area contributed by atoms with Crippen molar-refractivity contribution in [1.29, 1.82) is 0 Å². The van der Waals surface area contributed by atoms with E-state index >= 15 is 0 Å². The van der Waals surface area contributed by atoms with E-state index in [0.717, 1.165) is 5.56 Å². The first kappa shape index (κ1) is 16.3. The highest BCUT2D eigenvalue weighted by Crippen LogP contribution is 2.42. The molecular weight excluding hydrogens is 294 g/mol. The minimum absolute atomic E-state index is 0.0332. The smallest absolute Gasteiger partial charge is 0.410 e. The monoisotopic (exact) mass is 319 g/mol. The van der Waals surface area contributed by atoms with Gasteiger partial charge in [0.2, 0.25) is 0 Å². The van der Waals surface area contributed by atoms with E-state index in [2.05, 4.69) is 6.07 Å². The van der Waals surface area contributed by atoms with Gasteiger partial charge in [-0.2, -0.15) is 0 Å². The fourth-order valence-corrected chi connectivity index (χ4v) is 3.68. The standard InChI is InChI=1S/C18H25NO4/c1-18(2,3)23-17(22)19-10-11-6-4-5-7-12(11)13-8-15(20)16(21)9-14(13)19/h4-7,13-16,20-21H,8-10H2,1-3H3/t13-,14-,15+,16-/m0/s1. The van der Waals surface area contributed by atoms with Crippen LogP contribution in [-0.4, -0.2) is 45.1 Å². The van der Waals surface area contributed by atoms with Crippen molar-refractivity contribution in [2.45, 2.75) is 69.9 Å². The summed E-state index contributed by atoms with van der Waals surface area (Å²) in [7, 11) is 0. The number of hydrogen-bond donors (Lipinski definition) is 2. The summed E-state index contributed by atoms with van der Waals surface area (Å²) in [6, 6.07) is 7.87. The van der Waals surface area contributed by atoms with Crippen LogP contribution < -0.4 is 0 Å². The predicted molar refractivity (Wildman–Crippen MR) is 86.0 cm³/mol. The van der Waals surface area contributed by atoms with Crippen LogP contribution in [0.4, 0.5) is 4.79 Å². The zero-order chi connectivity index (χ0) is 16.8. The number of aliphatic hydroxyl groups is 2. The Hall–Kier alpha value is -1.59. The van der Waals surface area contributed by atoms with Crippen molar-refractivity contribution in [2.75, 3.05) is 0 Å². The Kier molecular flexibility index (Phi) is 4.10. The highest BCUT2D eigenvalue weighted by molar-refractivity contribution is 5.69. The molecule has 1 aromatic carbocycles. The lowest BCUT2D eigenvalue weighted by atomic mass is 9.73. The average Bonchev–Trinajstić information content (AvgIpc) is 2.46. The largest absolute Gasteiger partial charge is 0.444 e. The molecule has 4 atom stereocenters. The molecule has 0 spiro atoms. The molecule has 1 amide bonds. The molecule has 5 nitrogen and oxygen atoms in total.